The summed E-state index contributed by atoms with van der Waals surface area (Å²) >= 11 is 5.24. The molecule has 0 heterocycles. The highest BCUT2D eigenvalue weighted by Crippen LogP contribution is 2.35. The van der Waals surface area contributed by atoms with E-state index in [0.717, 1.165) is 25.1 Å². The molecule has 196 valence electrons. The number of hydrogen-bond acceptors (Lipinski definition) is 5. The van der Waals surface area contributed by atoms with Crippen LogP contribution in [0.3, 0.4) is 0 Å². The molecular formula is C22H21F6N3O4S. The van der Waals surface area contributed by atoms with Crippen LogP contribution in [-0.4, -0.2) is 35.9 Å². The number of carbonyl (C=O) groups is 1. The largest absolute Gasteiger partial charge is 0.573 e. The molecule has 7 nitrogen and oxygen atoms in total. The molecular weight excluding hydrogens is 516 g/mol. The second kappa shape index (κ2) is 11.1. The zero-order chi connectivity index (χ0) is 26.5. The van der Waals surface area contributed by atoms with Crippen LogP contribution in [0.15, 0.2) is 42.5 Å². The van der Waals surface area contributed by atoms with Gasteiger partial charge in [-0.3, -0.25) is 4.79 Å². The molecule has 0 spiro atoms. The average Bonchev–Trinajstić information content (AvgIpc) is 3.14. The molecule has 1 aliphatic rings. The molecule has 36 heavy (non-hydrogen) atoms. The third-order valence-electron chi connectivity index (χ3n) is 4.84. The van der Waals surface area contributed by atoms with Crippen molar-refractivity contribution in [3.63, 3.8) is 0 Å². The first kappa shape index (κ1) is 27.2. The van der Waals surface area contributed by atoms with Crippen molar-refractivity contribution < 1.29 is 45.3 Å². The van der Waals surface area contributed by atoms with Gasteiger partial charge in [-0.15, -0.1) is 26.3 Å². The summed E-state index contributed by atoms with van der Waals surface area (Å²) in [6, 6.07) is 8.69. The first-order valence-corrected chi connectivity index (χ1v) is 10.9. The first-order valence-electron chi connectivity index (χ1n) is 10.5. The van der Waals surface area contributed by atoms with E-state index in [1.807, 2.05) is 0 Å². The molecule has 2 aromatic rings. The van der Waals surface area contributed by atoms with Crippen LogP contribution >= 0.6 is 12.2 Å². The van der Waals surface area contributed by atoms with Crippen molar-refractivity contribution in [2.24, 2.45) is 0 Å². The van der Waals surface area contributed by atoms with Crippen LogP contribution in [0.2, 0.25) is 0 Å². The fourth-order valence-corrected chi connectivity index (χ4v) is 3.86. The molecule has 0 aliphatic heterocycles. The Morgan fingerprint density at radius 3 is 2.33 bits per heavy atom. The second-order valence-electron chi connectivity index (χ2n) is 7.81. The number of benzene rings is 2. The third-order valence-corrected chi connectivity index (χ3v) is 5.06. The summed E-state index contributed by atoms with van der Waals surface area (Å²) in [6.45, 7) is 1.15. The molecule has 0 radical (unpaired) electrons. The zero-order valence-electron chi connectivity index (χ0n) is 18.6. The Kier molecular flexibility index (Phi) is 8.38. The van der Waals surface area contributed by atoms with Crippen LogP contribution in [0.1, 0.15) is 26.2 Å². The summed E-state index contributed by atoms with van der Waals surface area (Å²) in [5.74, 6) is -1.31. The van der Waals surface area contributed by atoms with Crippen molar-refractivity contribution in [2.75, 3.05) is 10.6 Å². The van der Waals surface area contributed by atoms with Crippen LogP contribution in [-0.2, 0) is 4.79 Å². The lowest BCUT2D eigenvalue weighted by Gasteiger charge is -2.19. The fourth-order valence-electron chi connectivity index (χ4n) is 3.58. The van der Waals surface area contributed by atoms with Gasteiger partial charge >= 0.3 is 12.7 Å². The Bertz CT molecular complexity index is 1100. The molecule has 1 aliphatic carbocycles. The summed E-state index contributed by atoms with van der Waals surface area (Å²) in [7, 11) is 0. The smallest absolute Gasteiger partial charge is 0.490 e. The maximum absolute atomic E-state index is 12.6. The molecule has 14 heteroatoms. The van der Waals surface area contributed by atoms with E-state index in [4.69, 9.17) is 17.0 Å². The minimum atomic E-state index is -4.93. The number of anilines is 2. The molecule has 3 rings (SSSR count). The zero-order valence-corrected chi connectivity index (χ0v) is 19.4. The summed E-state index contributed by atoms with van der Waals surface area (Å²) in [6.07, 6.45) is -8.30. The van der Waals surface area contributed by atoms with E-state index in [9.17, 15) is 31.1 Å². The predicted octanol–water partition coefficient (Wildman–Crippen LogP) is 5.73. The minimum absolute atomic E-state index is 0.118. The normalized spacial score (nSPS) is 17.8. The standard InChI is InChI=1S/C22H21F6N3O4S/c1-12(32)29-18-11-16(7-8-19(18)35-22(26,27)28)33-15-6-5-14(9-15)31-20(36)30-13-3-2-4-17(10-13)34-21(23,24)25/h2-4,7-8,10-11,14-15H,5-6,9H2,1H3,(H,29,32)(H2,30,31,36). The summed E-state index contributed by atoms with van der Waals surface area (Å²) in [5.41, 5.74) is 0.110. The van der Waals surface area contributed by atoms with Crippen molar-refractivity contribution >= 4 is 34.6 Å². The van der Waals surface area contributed by atoms with Crippen molar-refractivity contribution in [1.82, 2.24) is 5.32 Å². The van der Waals surface area contributed by atoms with Gasteiger partial charge in [-0.2, -0.15) is 0 Å². The lowest BCUT2D eigenvalue weighted by Crippen LogP contribution is -2.36. The van der Waals surface area contributed by atoms with Crippen molar-refractivity contribution in [3.8, 4) is 17.2 Å². The Morgan fingerprint density at radius 1 is 0.944 bits per heavy atom. The highest BCUT2D eigenvalue weighted by molar-refractivity contribution is 7.80. The summed E-state index contributed by atoms with van der Waals surface area (Å²) < 4.78 is 88.7. The Morgan fingerprint density at radius 2 is 1.67 bits per heavy atom. The number of carbonyl (C=O) groups excluding carboxylic acids is 1. The Labute approximate surface area is 207 Å². The number of hydrogen-bond donors (Lipinski definition) is 3. The SMILES string of the molecule is CC(=O)Nc1cc(OC2CCC(NC(=S)Nc3cccc(OC(F)(F)F)c3)C2)ccc1OC(F)(F)F. The Balaban J connectivity index is 1.55. The number of ether oxygens (including phenoxy) is 3. The van der Waals surface area contributed by atoms with Gasteiger partial charge in [0.05, 0.1) is 5.69 Å². The first-order chi connectivity index (χ1) is 16.8. The molecule has 1 fully saturated rings. The average molecular weight is 537 g/mol. The second-order valence-corrected chi connectivity index (χ2v) is 8.22. The topological polar surface area (TPSA) is 80.9 Å². The van der Waals surface area contributed by atoms with Crippen LogP contribution in [0.25, 0.3) is 0 Å². The van der Waals surface area contributed by atoms with Crippen LogP contribution in [0, 0.1) is 0 Å². The number of nitrogens with one attached hydrogen (secondary N) is 3. The van der Waals surface area contributed by atoms with Crippen LogP contribution in [0.5, 0.6) is 17.2 Å². The minimum Gasteiger partial charge on any atom is -0.490 e. The number of alkyl halides is 6. The molecule has 0 aromatic heterocycles. The van der Waals surface area contributed by atoms with Gasteiger partial charge in [0.25, 0.3) is 0 Å². The molecule has 1 amide bonds. The predicted molar refractivity (Wildman–Crippen MR) is 122 cm³/mol. The fraction of sp³-hybridized carbons (Fsp3) is 0.364. The quantitative estimate of drug-likeness (QED) is 0.308. The van der Waals surface area contributed by atoms with Gasteiger partial charge in [0.1, 0.15) is 17.6 Å². The lowest BCUT2D eigenvalue weighted by molar-refractivity contribution is -0.275. The highest BCUT2D eigenvalue weighted by atomic mass is 32.1. The number of rotatable bonds is 7. The van der Waals surface area contributed by atoms with Crippen LogP contribution < -0.4 is 30.2 Å². The molecule has 0 bridgehead atoms. The molecule has 0 saturated heterocycles. The number of amides is 1. The van der Waals surface area contributed by atoms with Gasteiger partial charge in [0.2, 0.25) is 5.91 Å². The van der Waals surface area contributed by atoms with E-state index >= 15 is 0 Å². The number of halogens is 6. The van der Waals surface area contributed by atoms with Crippen molar-refractivity contribution in [2.45, 2.75) is 51.1 Å². The monoisotopic (exact) mass is 537 g/mol. The maximum Gasteiger partial charge on any atom is 0.573 e. The van der Waals surface area contributed by atoms with E-state index in [-0.39, 0.29) is 28.7 Å². The summed E-state index contributed by atoms with van der Waals surface area (Å²) in [5, 5.41) is 8.32. The van der Waals surface area contributed by atoms with E-state index in [2.05, 4.69) is 25.4 Å². The molecule has 2 unspecified atom stereocenters. The van der Waals surface area contributed by atoms with Gasteiger partial charge in [-0.1, -0.05) is 6.07 Å². The third kappa shape index (κ3) is 8.98. The van der Waals surface area contributed by atoms with Crippen molar-refractivity contribution in [1.29, 1.82) is 0 Å². The lowest BCUT2D eigenvalue weighted by atomic mass is 10.2. The van der Waals surface area contributed by atoms with Crippen LogP contribution in [0.4, 0.5) is 37.7 Å². The number of thiocarbonyl (C=S) groups is 1. The van der Waals surface area contributed by atoms with Gasteiger partial charge in [-0.25, -0.2) is 0 Å². The van der Waals surface area contributed by atoms with E-state index in [0.29, 0.717) is 24.9 Å². The van der Waals surface area contributed by atoms with Gasteiger partial charge in [-0.05, 0) is 49.3 Å². The molecule has 2 aromatic carbocycles. The highest BCUT2D eigenvalue weighted by Gasteiger charge is 2.33. The van der Waals surface area contributed by atoms with Gasteiger partial charge in [0, 0.05) is 37.2 Å². The Hall–Kier alpha value is -3.42. The van der Waals surface area contributed by atoms with Crippen molar-refractivity contribution in [3.05, 3.63) is 42.5 Å². The van der Waals surface area contributed by atoms with Gasteiger partial charge < -0.3 is 30.2 Å². The van der Waals surface area contributed by atoms with Gasteiger partial charge in [0.15, 0.2) is 10.9 Å². The molecule has 2 atom stereocenters. The maximum atomic E-state index is 12.6. The van der Waals surface area contributed by atoms with E-state index in [1.54, 1.807) is 0 Å². The molecule has 3 N–H and O–H groups in total. The van der Waals surface area contributed by atoms with E-state index < -0.39 is 30.1 Å². The van der Waals surface area contributed by atoms with E-state index in [1.165, 1.54) is 24.3 Å². The summed E-state index contributed by atoms with van der Waals surface area (Å²) in [4.78, 5) is 11.4. The molecule has 1 saturated carbocycles.